The van der Waals surface area contributed by atoms with Gasteiger partial charge in [0.2, 0.25) is 0 Å². The lowest BCUT2D eigenvalue weighted by molar-refractivity contribution is -0.112. The quantitative estimate of drug-likeness (QED) is 0.606. The van der Waals surface area contributed by atoms with Crippen molar-refractivity contribution in [3.05, 3.63) is 60.0 Å². The molecule has 18 heavy (non-hydrogen) atoms. The van der Waals surface area contributed by atoms with E-state index in [0.717, 1.165) is 11.3 Å². The van der Waals surface area contributed by atoms with Gasteiger partial charge < -0.3 is 16.4 Å². The number of amides is 1. The predicted octanol–water partition coefficient (Wildman–Crippen LogP) is 1.36. The van der Waals surface area contributed by atoms with E-state index in [4.69, 9.17) is 11.5 Å². The topological polar surface area (TPSA) is 72.3 Å². The molecule has 4 nitrogen and oxygen atoms in total. The molecule has 0 bridgehead atoms. The van der Waals surface area contributed by atoms with E-state index in [2.05, 4.69) is 0 Å². The lowest BCUT2D eigenvalue weighted by atomic mass is 10.1. The summed E-state index contributed by atoms with van der Waals surface area (Å²) in [5.74, 6) is -0.0516. The second kappa shape index (κ2) is 4.79. The summed E-state index contributed by atoms with van der Waals surface area (Å²) in [6, 6.07) is 7.63. The Morgan fingerprint density at radius 3 is 2.78 bits per heavy atom. The van der Waals surface area contributed by atoms with E-state index in [-0.39, 0.29) is 5.91 Å². The van der Waals surface area contributed by atoms with E-state index in [1.54, 1.807) is 30.2 Å². The van der Waals surface area contributed by atoms with Crippen molar-refractivity contribution in [2.24, 2.45) is 11.5 Å². The second-order valence-electron chi connectivity index (χ2n) is 3.99. The molecule has 4 N–H and O–H groups in total. The number of hydrogen-bond acceptors (Lipinski definition) is 3. The Morgan fingerprint density at radius 2 is 2.06 bits per heavy atom. The Bertz CT molecular complexity index is 570. The number of nitrogens with zero attached hydrogens (tertiary/aromatic N) is 1. The third-order valence-electron chi connectivity index (χ3n) is 2.80. The van der Waals surface area contributed by atoms with Crippen molar-refractivity contribution in [1.82, 2.24) is 0 Å². The van der Waals surface area contributed by atoms with Crippen LogP contribution in [0.15, 0.2) is 54.4 Å². The molecule has 2 rings (SSSR count). The van der Waals surface area contributed by atoms with Crippen molar-refractivity contribution in [1.29, 1.82) is 0 Å². The van der Waals surface area contributed by atoms with Gasteiger partial charge in [-0.05, 0) is 30.5 Å². The maximum atomic E-state index is 12.1. The van der Waals surface area contributed by atoms with Crippen LogP contribution in [0.1, 0.15) is 5.56 Å². The van der Waals surface area contributed by atoms with Gasteiger partial charge in [0, 0.05) is 18.3 Å². The van der Waals surface area contributed by atoms with Crippen LogP contribution in [-0.2, 0) is 4.79 Å². The number of allylic oxidation sites excluding steroid dienone is 3. The van der Waals surface area contributed by atoms with Gasteiger partial charge in [-0.1, -0.05) is 18.2 Å². The van der Waals surface area contributed by atoms with Crippen LogP contribution >= 0.6 is 0 Å². The Labute approximate surface area is 106 Å². The fourth-order valence-corrected chi connectivity index (χ4v) is 1.92. The summed E-state index contributed by atoms with van der Waals surface area (Å²) >= 11 is 0. The van der Waals surface area contributed by atoms with Gasteiger partial charge in [0.15, 0.2) is 0 Å². The average Bonchev–Trinajstić information content (AvgIpc) is 2.62. The fourth-order valence-electron chi connectivity index (χ4n) is 1.92. The Morgan fingerprint density at radius 1 is 1.33 bits per heavy atom. The molecule has 0 radical (unpaired) electrons. The van der Waals surface area contributed by atoms with Gasteiger partial charge in [-0.2, -0.15) is 0 Å². The predicted molar refractivity (Wildman–Crippen MR) is 73.4 cm³/mol. The highest BCUT2D eigenvalue weighted by Gasteiger charge is 2.28. The Kier molecular flexibility index (Phi) is 3.19. The molecular weight excluding hydrogens is 226 g/mol. The first-order valence-corrected chi connectivity index (χ1v) is 5.58. The zero-order chi connectivity index (χ0) is 13.1. The van der Waals surface area contributed by atoms with Crippen LogP contribution < -0.4 is 16.4 Å². The van der Waals surface area contributed by atoms with Crippen LogP contribution in [0.4, 0.5) is 5.69 Å². The van der Waals surface area contributed by atoms with E-state index in [0.29, 0.717) is 11.3 Å². The molecule has 0 saturated carbocycles. The van der Waals surface area contributed by atoms with Crippen LogP contribution in [0, 0.1) is 0 Å². The van der Waals surface area contributed by atoms with Crippen molar-refractivity contribution in [2.75, 3.05) is 11.9 Å². The number of fused-ring (bicyclic) bond motifs is 1. The maximum Gasteiger partial charge on any atom is 0.258 e. The van der Waals surface area contributed by atoms with E-state index >= 15 is 0 Å². The summed E-state index contributed by atoms with van der Waals surface area (Å²) in [4.78, 5) is 13.7. The smallest absolute Gasteiger partial charge is 0.258 e. The molecule has 0 aliphatic carbocycles. The SMILES string of the molecule is CN1C(=O)/C(=C/C(N)=C/C=C\N)c2ccccc21. The largest absolute Gasteiger partial charge is 0.405 e. The number of carbonyl (C=O) groups excluding carboxylic acids is 1. The van der Waals surface area contributed by atoms with Crippen molar-refractivity contribution < 1.29 is 4.79 Å². The molecule has 0 spiro atoms. The summed E-state index contributed by atoms with van der Waals surface area (Å²) in [6.45, 7) is 0. The van der Waals surface area contributed by atoms with Gasteiger partial charge in [0.05, 0.1) is 11.3 Å². The standard InChI is InChI=1S/C14H15N3O/c1-17-13-7-3-2-6-11(13)12(14(17)18)9-10(16)5-4-8-15/h2-9H,15-16H2,1H3/b8-4-,10-5-,12-9+. The number of benzene rings is 1. The molecular formula is C14H15N3O. The molecule has 0 saturated heterocycles. The maximum absolute atomic E-state index is 12.1. The number of rotatable bonds is 2. The molecule has 1 heterocycles. The lowest BCUT2D eigenvalue weighted by Gasteiger charge is -2.07. The first-order valence-electron chi connectivity index (χ1n) is 5.58. The van der Waals surface area contributed by atoms with E-state index in [1.165, 1.54) is 6.20 Å². The summed E-state index contributed by atoms with van der Waals surface area (Å²) in [7, 11) is 1.75. The third-order valence-corrected chi connectivity index (χ3v) is 2.80. The monoisotopic (exact) mass is 241 g/mol. The lowest BCUT2D eigenvalue weighted by Crippen LogP contribution is -2.20. The molecule has 0 fully saturated rings. The molecule has 1 aliphatic rings. The number of likely N-dealkylation sites (N-methyl/N-ethyl adjacent to an activating group) is 1. The normalized spacial score (nSPS) is 17.8. The average molecular weight is 241 g/mol. The molecule has 0 unspecified atom stereocenters. The molecule has 92 valence electrons. The van der Waals surface area contributed by atoms with Crippen LogP contribution in [-0.4, -0.2) is 13.0 Å². The molecule has 0 aromatic heterocycles. The zero-order valence-electron chi connectivity index (χ0n) is 10.1. The molecule has 1 aromatic rings. The number of carbonyl (C=O) groups is 1. The molecule has 0 atom stereocenters. The number of hydrogen-bond donors (Lipinski definition) is 2. The van der Waals surface area contributed by atoms with Crippen molar-refractivity contribution in [3.63, 3.8) is 0 Å². The van der Waals surface area contributed by atoms with Crippen LogP contribution in [0.5, 0.6) is 0 Å². The number of nitrogens with two attached hydrogens (primary N) is 2. The Hall–Kier alpha value is -2.49. The van der Waals surface area contributed by atoms with Gasteiger partial charge in [0.25, 0.3) is 5.91 Å². The van der Waals surface area contributed by atoms with Gasteiger partial charge in [-0.3, -0.25) is 4.79 Å². The Balaban J connectivity index is 2.46. The van der Waals surface area contributed by atoms with Gasteiger partial charge >= 0.3 is 0 Å². The van der Waals surface area contributed by atoms with Gasteiger partial charge in [0.1, 0.15) is 0 Å². The highest BCUT2D eigenvalue weighted by molar-refractivity contribution is 6.32. The molecule has 1 aliphatic heterocycles. The fraction of sp³-hybridized carbons (Fsp3) is 0.0714. The summed E-state index contributed by atoms with van der Waals surface area (Å²) in [5.41, 5.74) is 13.9. The van der Waals surface area contributed by atoms with Gasteiger partial charge in [-0.25, -0.2) is 0 Å². The summed E-state index contributed by atoms with van der Waals surface area (Å²) in [5, 5.41) is 0. The van der Waals surface area contributed by atoms with Gasteiger partial charge in [-0.15, -0.1) is 0 Å². The summed E-state index contributed by atoms with van der Waals surface area (Å²) < 4.78 is 0. The van der Waals surface area contributed by atoms with E-state index in [1.807, 2.05) is 24.3 Å². The molecule has 1 amide bonds. The molecule has 1 aromatic carbocycles. The minimum atomic E-state index is -0.0516. The van der Waals surface area contributed by atoms with Crippen LogP contribution in [0.2, 0.25) is 0 Å². The summed E-state index contributed by atoms with van der Waals surface area (Å²) in [6.07, 6.45) is 6.34. The molecule has 4 heteroatoms. The van der Waals surface area contributed by atoms with E-state index < -0.39 is 0 Å². The minimum Gasteiger partial charge on any atom is -0.405 e. The van der Waals surface area contributed by atoms with Crippen LogP contribution in [0.25, 0.3) is 5.57 Å². The highest BCUT2D eigenvalue weighted by atomic mass is 16.2. The minimum absolute atomic E-state index is 0.0516. The van der Waals surface area contributed by atoms with E-state index in [9.17, 15) is 4.79 Å². The first-order chi connectivity index (χ1) is 8.65. The number of para-hydroxylation sites is 1. The van der Waals surface area contributed by atoms with Crippen molar-refractivity contribution in [3.8, 4) is 0 Å². The zero-order valence-corrected chi connectivity index (χ0v) is 10.1. The van der Waals surface area contributed by atoms with Crippen molar-refractivity contribution in [2.45, 2.75) is 0 Å². The first kappa shape index (κ1) is 12.0. The van der Waals surface area contributed by atoms with Crippen molar-refractivity contribution >= 4 is 17.2 Å². The van der Waals surface area contributed by atoms with Crippen LogP contribution in [0.3, 0.4) is 0 Å². The highest BCUT2D eigenvalue weighted by Crippen LogP contribution is 2.35. The third kappa shape index (κ3) is 2.00. The second-order valence-corrected chi connectivity index (χ2v) is 3.99. The number of anilines is 1.